The van der Waals surface area contributed by atoms with Gasteiger partial charge in [0, 0.05) is 12.1 Å². The minimum Gasteiger partial charge on any atom is -0.497 e. The molecule has 2 rings (SSSR count). The summed E-state index contributed by atoms with van der Waals surface area (Å²) < 4.78 is 10.8. The minimum absolute atomic E-state index is 0.261. The molecule has 1 aliphatic carbocycles. The zero-order valence-corrected chi connectivity index (χ0v) is 13.3. The van der Waals surface area contributed by atoms with Gasteiger partial charge in [0.2, 0.25) is 0 Å². The summed E-state index contributed by atoms with van der Waals surface area (Å²) in [5.74, 6) is 2.33. The third kappa shape index (κ3) is 2.64. The standard InChI is InChI=1S/C17H27NO2/c1-6-9-18-16-11-14(17(16,2)3)13-8-7-12(19-4)10-15(13)20-5/h7-8,10,14,16,18H,6,9,11H2,1-5H3. The minimum atomic E-state index is 0.261. The van der Waals surface area contributed by atoms with Gasteiger partial charge in [-0.25, -0.2) is 0 Å². The molecule has 0 amide bonds. The molecule has 1 aliphatic rings. The van der Waals surface area contributed by atoms with Gasteiger partial charge in [-0.3, -0.25) is 0 Å². The molecule has 0 aliphatic heterocycles. The van der Waals surface area contributed by atoms with Crippen molar-refractivity contribution < 1.29 is 9.47 Å². The summed E-state index contributed by atoms with van der Waals surface area (Å²) in [4.78, 5) is 0. The van der Waals surface area contributed by atoms with Gasteiger partial charge >= 0.3 is 0 Å². The van der Waals surface area contributed by atoms with E-state index in [2.05, 4.69) is 32.2 Å². The van der Waals surface area contributed by atoms with Gasteiger partial charge in [-0.05, 0) is 42.3 Å². The maximum atomic E-state index is 5.55. The monoisotopic (exact) mass is 277 g/mol. The fourth-order valence-corrected chi connectivity index (χ4v) is 3.22. The van der Waals surface area contributed by atoms with E-state index in [9.17, 15) is 0 Å². The highest BCUT2D eigenvalue weighted by atomic mass is 16.5. The largest absolute Gasteiger partial charge is 0.497 e. The second-order valence-corrected chi connectivity index (χ2v) is 6.22. The van der Waals surface area contributed by atoms with Crippen molar-refractivity contribution in [2.75, 3.05) is 20.8 Å². The van der Waals surface area contributed by atoms with E-state index in [1.807, 2.05) is 12.1 Å². The van der Waals surface area contributed by atoms with Crippen molar-refractivity contribution >= 4 is 0 Å². The molecule has 3 nitrogen and oxygen atoms in total. The summed E-state index contributed by atoms with van der Waals surface area (Å²) in [6.07, 6.45) is 2.36. The van der Waals surface area contributed by atoms with Crippen LogP contribution in [0.2, 0.25) is 0 Å². The number of benzene rings is 1. The molecule has 0 spiro atoms. The van der Waals surface area contributed by atoms with Gasteiger partial charge in [-0.2, -0.15) is 0 Å². The first kappa shape index (κ1) is 15.2. The molecule has 1 fully saturated rings. The fourth-order valence-electron chi connectivity index (χ4n) is 3.22. The molecule has 2 unspecified atom stereocenters. The summed E-state index contributed by atoms with van der Waals surface area (Å²) in [7, 11) is 3.42. The number of ether oxygens (including phenoxy) is 2. The Morgan fingerprint density at radius 2 is 2.00 bits per heavy atom. The number of hydrogen-bond acceptors (Lipinski definition) is 3. The van der Waals surface area contributed by atoms with Crippen LogP contribution in [0.5, 0.6) is 11.5 Å². The summed E-state index contributed by atoms with van der Waals surface area (Å²) in [6.45, 7) is 8.00. The van der Waals surface area contributed by atoms with Crippen LogP contribution in [0.4, 0.5) is 0 Å². The lowest BCUT2D eigenvalue weighted by atomic mass is 9.56. The van der Waals surface area contributed by atoms with E-state index in [0.29, 0.717) is 12.0 Å². The molecular weight excluding hydrogens is 250 g/mol. The third-order valence-corrected chi connectivity index (χ3v) is 4.72. The molecule has 0 saturated heterocycles. The molecule has 0 bridgehead atoms. The molecule has 20 heavy (non-hydrogen) atoms. The maximum absolute atomic E-state index is 5.55. The van der Waals surface area contributed by atoms with Crippen LogP contribution in [0.3, 0.4) is 0 Å². The summed E-state index contributed by atoms with van der Waals surface area (Å²) in [5.41, 5.74) is 1.56. The van der Waals surface area contributed by atoms with Gasteiger partial charge < -0.3 is 14.8 Å². The fraction of sp³-hybridized carbons (Fsp3) is 0.647. The molecule has 1 saturated carbocycles. The van der Waals surface area contributed by atoms with Gasteiger partial charge in [0.25, 0.3) is 0 Å². The molecule has 0 heterocycles. The van der Waals surface area contributed by atoms with Gasteiger partial charge in [0.15, 0.2) is 0 Å². The number of methoxy groups -OCH3 is 2. The van der Waals surface area contributed by atoms with E-state index in [0.717, 1.165) is 18.0 Å². The van der Waals surface area contributed by atoms with Crippen LogP contribution in [-0.4, -0.2) is 26.8 Å². The van der Waals surface area contributed by atoms with Crippen molar-refractivity contribution in [2.24, 2.45) is 5.41 Å². The predicted octanol–water partition coefficient (Wildman–Crippen LogP) is 3.59. The van der Waals surface area contributed by atoms with Gasteiger partial charge in [0.1, 0.15) is 11.5 Å². The zero-order chi connectivity index (χ0) is 14.8. The Bertz CT molecular complexity index is 456. The first-order chi connectivity index (χ1) is 9.54. The highest BCUT2D eigenvalue weighted by molar-refractivity contribution is 5.45. The quantitative estimate of drug-likeness (QED) is 0.862. The van der Waals surface area contributed by atoms with E-state index >= 15 is 0 Å². The average Bonchev–Trinajstić information content (AvgIpc) is 2.46. The SMILES string of the molecule is CCCNC1CC(c2ccc(OC)cc2OC)C1(C)C. The molecule has 112 valence electrons. The van der Waals surface area contributed by atoms with Crippen LogP contribution in [0, 0.1) is 5.41 Å². The van der Waals surface area contributed by atoms with Gasteiger partial charge in [-0.15, -0.1) is 0 Å². The normalized spacial score (nSPS) is 24.1. The van der Waals surface area contributed by atoms with Crippen LogP contribution in [-0.2, 0) is 0 Å². The van der Waals surface area contributed by atoms with Gasteiger partial charge in [-0.1, -0.05) is 26.8 Å². The predicted molar refractivity (Wildman–Crippen MR) is 82.8 cm³/mol. The molecular formula is C17H27NO2. The molecule has 1 N–H and O–H groups in total. The Morgan fingerprint density at radius 3 is 2.55 bits per heavy atom. The Balaban J connectivity index is 2.17. The van der Waals surface area contributed by atoms with Crippen molar-refractivity contribution in [3.05, 3.63) is 23.8 Å². The second kappa shape index (κ2) is 6.04. The van der Waals surface area contributed by atoms with Crippen molar-refractivity contribution in [1.82, 2.24) is 5.32 Å². The van der Waals surface area contributed by atoms with Gasteiger partial charge in [0.05, 0.1) is 14.2 Å². The van der Waals surface area contributed by atoms with E-state index in [1.54, 1.807) is 14.2 Å². The molecule has 2 atom stereocenters. The van der Waals surface area contributed by atoms with Crippen LogP contribution < -0.4 is 14.8 Å². The molecule has 3 heteroatoms. The van der Waals surface area contributed by atoms with Crippen molar-refractivity contribution in [1.29, 1.82) is 0 Å². The first-order valence-electron chi connectivity index (χ1n) is 7.49. The smallest absolute Gasteiger partial charge is 0.126 e. The van der Waals surface area contributed by atoms with E-state index in [1.165, 1.54) is 18.4 Å². The number of hydrogen-bond donors (Lipinski definition) is 1. The van der Waals surface area contributed by atoms with E-state index < -0.39 is 0 Å². The Hall–Kier alpha value is -1.22. The summed E-state index contributed by atoms with van der Waals surface area (Å²) in [6, 6.07) is 6.76. The number of rotatable bonds is 6. The van der Waals surface area contributed by atoms with Crippen molar-refractivity contribution in [3.8, 4) is 11.5 Å². The van der Waals surface area contributed by atoms with Crippen molar-refractivity contribution in [3.63, 3.8) is 0 Å². The zero-order valence-electron chi connectivity index (χ0n) is 13.3. The highest BCUT2D eigenvalue weighted by Gasteiger charge is 2.49. The van der Waals surface area contributed by atoms with Crippen LogP contribution in [0.1, 0.15) is 45.1 Å². The second-order valence-electron chi connectivity index (χ2n) is 6.22. The van der Waals surface area contributed by atoms with Crippen LogP contribution in [0.25, 0.3) is 0 Å². The first-order valence-corrected chi connectivity index (χ1v) is 7.49. The highest BCUT2D eigenvalue weighted by Crippen LogP contribution is 2.54. The molecule has 1 aromatic rings. The average molecular weight is 277 g/mol. The lowest BCUT2D eigenvalue weighted by Crippen LogP contribution is -2.55. The summed E-state index contributed by atoms with van der Waals surface area (Å²) in [5, 5.41) is 3.65. The van der Waals surface area contributed by atoms with E-state index in [4.69, 9.17) is 9.47 Å². The number of nitrogens with one attached hydrogen (secondary N) is 1. The van der Waals surface area contributed by atoms with Crippen molar-refractivity contribution in [2.45, 2.75) is 45.6 Å². The Morgan fingerprint density at radius 1 is 1.25 bits per heavy atom. The Labute approximate surface area is 122 Å². The molecule has 1 aromatic carbocycles. The molecule has 0 radical (unpaired) electrons. The third-order valence-electron chi connectivity index (χ3n) is 4.72. The van der Waals surface area contributed by atoms with E-state index in [-0.39, 0.29) is 5.41 Å². The Kier molecular flexibility index (Phi) is 4.59. The summed E-state index contributed by atoms with van der Waals surface area (Å²) >= 11 is 0. The lowest BCUT2D eigenvalue weighted by molar-refractivity contribution is 0.0678. The van der Waals surface area contributed by atoms with Crippen LogP contribution >= 0.6 is 0 Å². The van der Waals surface area contributed by atoms with Crippen LogP contribution in [0.15, 0.2) is 18.2 Å². The molecule has 0 aromatic heterocycles. The maximum Gasteiger partial charge on any atom is 0.126 e. The lowest BCUT2D eigenvalue weighted by Gasteiger charge is -2.53. The topological polar surface area (TPSA) is 30.5 Å².